The number of fused-ring (bicyclic) bond motifs is 1. The summed E-state index contributed by atoms with van der Waals surface area (Å²) < 4.78 is 73.8. The lowest BCUT2D eigenvalue weighted by Gasteiger charge is -2.16. The van der Waals surface area contributed by atoms with Gasteiger partial charge in [-0.2, -0.15) is 0 Å². The molecular formula is C26H21ClN4O7S2. The predicted octanol–water partition coefficient (Wildman–Crippen LogP) is 5.59. The van der Waals surface area contributed by atoms with E-state index in [0.717, 1.165) is 5.56 Å². The molecule has 0 spiro atoms. The number of anilines is 2. The van der Waals surface area contributed by atoms with Crippen molar-refractivity contribution < 1.29 is 30.9 Å². The van der Waals surface area contributed by atoms with E-state index in [1.165, 1.54) is 49.6 Å². The second-order valence-corrected chi connectivity index (χ2v) is 12.3. The van der Waals surface area contributed by atoms with Gasteiger partial charge in [-0.15, -0.1) is 0 Å². The fourth-order valence-corrected chi connectivity index (χ4v) is 6.16. The predicted molar refractivity (Wildman–Crippen MR) is 149 cm³/mol. The van der Waals surface area contributed by atoms with Gasteiger partial charge in [0.05, 0.1) is 28.4 Å². The Labute approximate surface area is 234 Å². The Balaban J connectivity index is 1.54. The number of hydrogen-bond donors (Lipinski definition) is 2. The molecule has 0 aliphatic heterocycles. The van der Waals surface area contributed by atoms with Crippen molar-refractivity contribution in [3.63, 3.8) is 0 Å². The van der Waals surface area contributed by atoms with Crippen molar-refractivity contribution in [2.75, 3.05) is 16.6 Å². The van der Waals surface area contributed by atoms with Crippen molar-refractivity contribution in [2.45, 2.75) is 16.7 Å². The number of aryl methyl sites for hydroxylation is 1. The van der Waals surface area contributed by atoms with Gasteiger partial charge in [0.15, 0.2) is 11.0 Å². The summed E-state index contributed by atoms with van der Waals surface area (Å²) >= 11 is 6.07. The minimum Gasteiger partial charge on any atom is -0.497 e. The number of ether oxygens (including phenoxy) is 2. The van der Waals surface area contributed by atoms with Gasteiger partial charge < -0.3 is 9.47 Å². The molecule has 0 bridgehead atoms. The first-order chi connectivity index (χ1) is 19.1. The van der Waals surface area contributed by atoms with Crippen LogP contribution < -0.4 is 18.9 Å². The zero-order valence-corrected chi connectivity index (χ0v) is 23.3. The Morgan fingerprint density at radius 1 is 0.725 bits per heavy atom. The van der Waals surface area contributed by atoms with Crippen LogP contribution in [0.1, 0.15) is 5.56 Å². The van der Waals surface area contributed by atoms with Crippen LogP contribution in [0, 0.1) is 6.92 Å². The van der Waals surface area contributed by atoms with Gasteiger partial charge >= 0.3 is 0 Å². The van der Waals surface area contributed by atoms with Crippen LogP contribution >= 0.6 is 11.6 Å². The molecule has 0 amide bonds. The third-order valence-corrected chi connectivity index (χ3v) is 8.81. The van der Waals surface area contributed by atoms with E-state index in [-0.39, 0.29) is 43.0 Å². The molecule has 0 saturated heterocycles. The van der Waals surface area contributed by atoms with E-state index in [1.54, 1.807) is 36.4 Å². The average molecular weight is 601 g/mol. The van der Waals surface area contributed by atoms with Gasteiger partial charge in [0.2, 0.25) is 0 Å². The fourth-order valence-electron chi connectivity index (χ4n) is 3.69. The molecule has 1 heterocycles. The first-order valence-electron chi connectivity index (χ1n) is 11.5. The molecule has 0 aliphatic rings. The highest BCUT2D eigenvalue weighted by atomic mass is 35.5. The molecule has 4 aromatic carbocycles. The molecule has 5 rings (SSSR count). The zero-order valence-electron chi connectivity index (χ0n) is 21.0. The average Bonchev–Trinajstić information content (AvgIpc) is 3.41. The normalized spacial score (nSPS) is 11.8. The van der Waals surface area contributed by atoms with Crippen molar-refractivity contribution in [1.82, 2.24) is 10.3 Å². The standard InChI is InChI=1S/C26H21ClN4O7S2/c1-16-3-10-20(11-4-16)39(32,33)31-23-15-19(37-18-7-5-17(36-2)6-8-18)9-13-22(23)30-40(34,35)24-14-12-21(27)25-26(24)29-38-28-25/h3-15,30-31H,1-2H3. The van der Waals surface area contributed by atoms with Crippen molar-refractivity contribution in [1.29, 1.82) is 0 Å². The molecule has 0 radical (unpaired) electrons. The number of aromatic nitrogens is 2. The van der Waals surface area contributed by atoms with E-state index in [1.807, 2.05) is 6.92 Å². The van der Waals surface area contributed by atoms with Crippen molar-refractivity contribution >= 4 is 54.1 Å². The van der Waals surface area contributed by atoms with Gasteiger partial charge in [0, 0.05) is 6.07 Å². The van der Waals surface area contributed by atoms with Gasteiger partial charge in [-0.1, -0.05) is 29.3 Å². The van der Waals surface area contributed by atoms with E-state index < -0.39 is 20.0 Å². The van der Waals surface area contributed by atoms with Crippen LogP contribution in [0.25, 0.3) is 11.0 Å². The lowest BCUT2D eigenvalue weighted by molar-refractivity contribution is 0.315. The van der Waals surface area contributed by atoms with Crippen molar-refractivity contribution in [2.24, 2.45) is 0 Å². The van der Waals surface area contributed by atoms with E-state index in [4.69, 9.17) is 21.1 Å². The van der Waals surface area contributed by atoms with Crippen LogP contribution in [-0.2, 0) is 20.0 Å². The van der Waals surface area contributed by atoms with Gasteiger partial charge in [-0.3, -0.25) is 9.44 Å². The minimum absolute atomic E-state index is 0.0125. The maximum absolute atomic E-state index is 13.4. The first-order valence-corrected chi connectivity index (χ1v) is 14.9. The van der Waals surface area contributed by atoms with Crippen LogP contribution in [0.15, 0.2) is 93.3 Å². The highest BCUT2D eigenvalue weighted by Gasteiger charge is 2.25. The van der Waals surface area contributed by atoms with Crippen molar-refractivity contribution in [3.05, 3.63) is 89.4 Å². The number of halogens is 1. The highest BCUT2D eigenvalue weighted by molar-refractivity contribution is 7.93. The van der Waals surface area contributed by atoms with E-state index >= 15 is 0 Å². The molecule has 40 heavy (non-hydrogen) atoms. The first kappa shape index (κ1) is 27.2. The van der Waals surface area contributed by atoms with E-state index in [9.17, 15) is 16.8 Å². The molecule has 206 valence electrons. The summed E-state index contributed by atoms with van der Waals surface area (Å²) in [5.74, 6) is 1.31. The Kier molecular flexibility index (Phi) is 7.27. The van der Waals surface area contributed by atoms with Crippen LogP contribution in [0.3, 0.4) is 0 Å². The molecule has 0 aliphatic carbocycles. The maximum Gasteiger partial charge on any atom is 0.264 e. The Bertz CT molecular complexity index is 1910. The Morgan fingerprint density at radius 3 is 2.05 bits per heavy atom. The van der Waals surface area contributed by atoms with E-state index in [2.05, 4.69) is 24.4 Å². The van der Waals surface area contributed by atoms with Gasteiger partial charge in [-0.05, 0) is 77.9 Å². The number of sulfonamides is 2. The molecule has 5 aromatic rings. The number of rotatable bonds is 9. The summed E-state index contributed by atoms with van der Waals surface area (Å²) in [6.45, 7) is 1.83. The SMILES string of the molecule is COc1ccc(Oc2ccc(NS(=O)(=O)c3ccc(Cl)c4nonc34)c(NS(=O)(=O)c3ccc(C)cc3)c2)cc1. The highest BCUT2D eigenvalue weighted by Crippen LogP contribution is 2.35. The molecule has 0 fully saturated rings. The Morgan fingerprint density at radius 2 is 1.35 bits per heavy atom. The smallest absolute Gasteiger partial charge is 0.264 e. The molecule has 11 nitrogen and oxygen atoms in total. The lowest BCUT2D eigenvalue weighted by Crippen LogP contribution is -2.18. The third-order valence-electron chi connectivity index (χ3n) is 5.72. The summed E-state index contributed by atoms with van der Waals surface area (Å²) in [7, 11) is -6.89. The zero-order chi connectivity index (χ0) is 28.5. The number of benzene rings is 4. The lowest BCUT2D eigenvalue weighted by atomic mass is 10.2. The van der Waals surface area contributed by atoms with Crippen LogP contribution in [0.2, 0.25) is 5.02 Å². The number of nitrogens with one attached hydrogen (secondary N) is 2. The van der Waals surface area contributed by atoms with Crippen LogP contribution in [0.4, 0.5) is 11.4 Å². The topological polar surface area (TPSA) is 150 Å². The van der Waals surface area contributed by atoms with Gasteiger partial charge in [-0.25, -0.2) is 21.5 Å². The fraction of sp³-hybridized carbons (Fsp3) is 0.0769. The molecular weight excluding hydrogens is 580 g/mol. The second kappa shape index (κ2) is 10.7. The third kappa shape index (κ3) is 5.66. The summed E-state index contributed by atoms with van der Waals surface area (Å²) in [5, 5.41) is 7.45. The Hall–Kier alpha value is -4.33. The largest absolute Gasteiger partial charge is 0.497 e. The molecule has 0 saturated carbocycles. The van der Waals surface area contributed by atoms with Gasteiger partial charge in [0.1, 0.15) is 22.1 Å². The van der Waals surface area contributed by atoms with Crippen LogP contribution in [0.5, 0.6) is 17.2 Å². The molecule has 14 heteroatoms. The summed E-state index contributed by atoms with van der Waals surface area (Å²) in [6, 6.07) is 19.7. The second-order valence-electron chi connectivity index (χ2n) is 8.52. The molecule has 2 N–H and O–H groups in total. The maximum atomic E-state index is 13.4. The van der Waals surface area contributed by atoms with Gasteiger partial charge in [0.25, 0.3) is 20.0 Å². The summed E-state index contributed by atoms with van der Waals surface area (Å²) in [4.78, 5) is -0.277. The number of hydrogen-bond acceptors (Lipinski definition) is 9. The summed E-state index contributed by atoms with van der Waals surface area (Å²) in [6.07, 6.45) is 0. The minimum atomic E-state index is -4.32. The molecule has 0 atom stereocenters. The number of methoxy groups -OCH3 is 1. The van der Waals surface area contributed by atoms with E-state index in [0.29, 0.717) is 11.5 Å². The summed E-state index contributed by atoms with van der Waals surface area (Å²) in [5.41, 5.74) is 0.698. The van der Waals surface area contributed by atoms with Crippen LogP contribution in [-0.4, -0.2) is 34.3 Å². The van der Waals surface area contributed by atoms with Crippen molar-refractivity contribution in [3.8, 4) is 17.2 Å². The monoisotopic (exact) mass is 600 g/mol. The molecule has 0 unspecified atom stereocenters. The number of nitrogens with zero attached hydrogens (tertiary/aromatic N) is 2. The quantitative estimate of drug-likeness (QED) is 0.221. The molecule has 1 aromatic heterocycles.